The molecule has 1 aromatic heterocycles. The van der Waals surface area contributed by atoms with Crippen LogP contribution in [0.4, 0.5) is 0 Å². The van der Waals surface area contributed by atoms with E-state index in [0.29, 0.717) is 5.92 Å². The Morgan fingerprint density at radius 1 is 1.28 bits per heavy atom. The maximum atomic E-state index is 4.38. The van der Waals surface area contributed by atoms with Gasteiger partial charge < -0.3 is 0 Å². The van der Waals surface area contributed by atoms with Crippen molar-refractivity contribution in [2.24, 2.45) is 0 Å². The first-order valence-corrected chi connectivity index (χ1v) is 7.45. The van der Waals surface area contributed by atoms with Crippen LogP contribution in [-0.4, -0.2) is 20.1 Å². The molecule has 0 saturated heterocycles. The molecule has 96 valence electrons. The average Bonchev–Trinajstić information content (AvgIpc) is 2.85. The molecular weight excluding hydrogens is 290 g/mol. The molecule has 0 bridgehead atoms. The van der Waals surface area contributed by atoms with Crippen LogP contribution < -0.4 is 0 Å². The molecule has 0 aliphatic rings. The Morgan fingerprint density at radius 2 is 2.06 bits per heavy atom. The Balaban J connectivity index is 2.13. The van der Waals surface area contributed by atoms with Crippen LogP contribution in [0.1, 0.15) is 30.7 Å². The highest BCUT2D eigenvalue weighted by Crippen LogP contribution is 2.22. The van der Waals surface area contributed by atoms with Gasteiger partial charge in [0.1, 0.15) is 12.2 Å². The van der Waals surface area contributed by atoms with Crippen molar-refractivity contribution in [2.75, 3.05) is 5.33 Å². The van der Waals surface area contributed by atoms with Gasteiger partial charge in [-0.2, -0.15) is 5.10 Å². The van der Waals surface area contributed by atoms with Crippen molar-refractivity contribution < 1.29 is 0 Å². The van der Waals surface area contributed by atoms with Gasteiger partial charge in [-0.15, -0.1) is 0 Å². The number of aromatic nitrogens is 3. The van der Waals surface area contributed by atoms with Crippen molar-refractivity contribution in [3.63, 3.8) is 0 Å². The summed E-state index contributed by atoms with van der Waals surface area (Å²) in [6, 6.07) is 10.6. The summed E-state index contributed by atoms with van der Waals surface area (Å²) in [5.74, 6) is 1.52. The summed E-state index contributed by atoms with van der Waals surface area (Å²) in [5.41, 5.74) is 1.35. The van der Waals surface area contributed by atoms with Gasteiger partial charge in [0.2, 0.25) is 0 Å². The van der Waals surface area contributed by atoms with Gasteiger partial charge in [0.05, 0.1) is 0 Å². The first kappa shape index (κ1) is 13.3. The maximum absolute atomic E-state index is 4.38. The topological polar surface area (TPSA) is 30.7 Å². The van der Waals surface area contributed by atoms with Crippen LogP contribution in [0.15, 0.2) is 36.7 Å². The summed E-state index contributed by atoms with van der Waals surface area (Å²) < 4.78 is 2.01. The SMILES string of the molecule is CCCn1ncnc1CC(CBr)c1ccccc1. The zero-order valence-corrected chi connectivity index (χ0v) is 12.2. The minimum absolute atomic E-state index is 0.450. The summed E-state index contributed by atoms with van der Waals surface area (Å²) in [5, 5.41) is 5.22. The summed E-state index contributed by atoms with van der Waals surface area (Å²) in [6.45, 7) is 3.10. The van der Waals surface area contributed by atoms with Gasteiger partial charge in [-0.05, 0) is 12.0 Å². The minimum atomic E-state index is 0.450. The lowest BCUT2D eigenvalue weighted by Gasteiger charge is -2.14. The van der Waals surface area contributed by atoms with Gasteiger partial charge in [0.25, 0.3) is 0 Å². The number of hydrogen-bond acceptors (Lipinski definition) is 2. The second-order valence-electron chi connectivity index (χ2n) is 4.37. The van der Waals surface area contributed by atoms with Crippen molar-refractivity contribution in [2.45, 2.75) is 32.2 Å². The van der Waals surface area contributed by atoms with Gasteiger partial charge >= 0.3 is 0 Å². The predicted octanol–water partition coefficient (Wildman–Crippen LogP) is 3.41. The van der Waals surface area contributed by atoms with Crippen LogP contribution in [0, 0.1) is 0 Å². The number of alkyl halides is 1. The number of rotatable bonds is 6. The summed E-state index contributed by atoms with van der Waals surface area (Å²) in [4.78, 5) is 4.38. The van der Waals surface area contributed by atoms with Crippen LogP contribution in [-0.2, 0) is 13.0 Å². The molecule has 0 N–H and O–H groups in total. The number of aryl methyl sites for hydroxylation is 1. The Hall–Kier alpha value is -1.16. The zero-order valence-electron chi connectivity index (χ0n) is 10.6. The number of nitrogens with zero attached hydrogens (tertiary/aromatic N) is 3. The second-order valence-corrected chi connectivity index (χ2v) is 5.01. The fourth-order valence-corrected chi connectivity index (χ4v) is 2.65. The molecule has 18 heavy (non-hydrogen) atoms. The molecule has 2 aromatic rings. The molecular formula is C14H18BrN3. The van der Waals surface area contributed by atoms with E-state index in [0.717, 1.165) is 30.5 Å². The monoisotopic (exact) mass is 307 g/mol. The Bertz CT molecular complexity index is 467. The highest BCUT2D eigenvalue weighted by atomic mass is 79.9. The van der Waals surface area contributed by atoms with Crippen LogP contribution in [0.25, 0.3) is 0 Å². The van der Waals surface area contributed by atoms with Crippen LogP contribution in [0.2, 0.25) is 0 Å². The quantitative estimate of drug-likeness (QED) is 0.766. The number of benzene rings is 1. The number of hydrogen-bond donors (Lipinski definition) is 0. The Labute approximate surface area is 116 Å². The van der Waals surface area contributed by atoms with Crippen molar-refractivity contribution in [3.05, 3.63) is 48.0 Å². The smallest absolute Gasteiger partial charge is 0.138 e. The fraction of sp³-hybridized carbons (Fsp3) is 0.429. The molecule has 0 spiro atoms. The molecule has 2 rings (SSSR count). The van der Waals surface area contributed by atoms with E-state index >= 15 is 0 Å². The standard InChI is InChI=1S/C14H18BrN3/c1-2-8-18-14(16-11-17-18)9-13(10-15)12-6-4-3-5-7-12/h3-7,11,13H,2,8-10H2,1H3. The lowest BCUT2D eigenvalue weighted by atomic mass is 9.97. The molecule has 0 saturated carbocycles. The molecule has 3 nitrogen and oxygen atoms in total. The van der Waals surface area contributed by atoms with Gasteiger partial charge in [0.15, 0.2) is 0 Å². The highest BCUT2D eigenvalue weighted by molar-refractivity contribution is 9.09. The van der Waals surface area contributed by atoms with Crippen molar-refractivity contribution in [1.29, 1.82) is 0 Å². The normalized spacial score (nSPS) is 12.6. The van der Waals surface area contributed by atoms with E-state index in [2.05, 4.69) is 57.2 Å². The van der Waals surface area contributed by atoms with E-state index in [-0.39, 0.29) is 0 Å². The molecule has 0 fully saturated rings. The Kier molecular flexibility index (Phi) is 4.93. The van der Waals surface area contributed by atoms with E-state index in [4.69, 9.17) is 0 Å². The maximum Gasteiger partial charge on any atom is 0.138 e. The van der Waals surface area contributed by atoms with E-state index in [1.807, 2.05) is 10.7 Å². The second kappa shape index (κ2) is 6.69. The Morgan fingerprint density at radius 3 is 2.72 bits per heavy atom. The van der Waals surface area contributed by atoms with Gasteiger partial charge in [-0.25, -0.2) is 4.98 Å². The van der Waals surface area contributed by atoms with E-state index in [1.54, 1.807) is 6.33 Å². The number of halogens is 1. The molecule has 0 aliphatic carbocycles. The summed E-state index contributed by atoms with van der Waals surface area (Å²) in [7, 11) is 0. The molecule has 0 radical (unpaired) electrons. The van der Waals surface area contributed by atoms with Gasteiger partial charge in [0, 0.05) is 24.2 Å². The molecule has 4 heteroatoms. The van der Waals surface area contributed by atoms with Gasteiger partial charge in [-0.3, -0.25) is 4.68 Å². The summed E-state index contributed by atoms with van der Waals surface area (Å²) in [6.07, 6.45) is 3.66. The first-order valence-electron chi connectivity index (χ1n) is 6.32. The molecule has 0 amide bonds. The van der Waals surface area contributed by atoms with Crippen molar-refractivity contribution in [1.82, 2.24) is 14.8 Å². The molecule has 1 heterocycles. The van der Waals surface area contributed by atoms with E-state index in [9.17, 15) is 0 Å². The van der Waals surface area contributed by atoms with Crippen molar-refractivity contribution >= 4 is 15.9 Å². The first-order chi connectivity index (χ1) is 8.85. The summed E-state index contributed by atoms with van der Waals surface area (Å²) >= 11 is 3.60. The lowest BCUT2D eigenvalue weighted by Crippen LogP contribution is -2.11. The van der Waals surface area contributed by atoms with Crippen LogP contribution in [0.3, 0.4) is 0 Å². The van der Waals surface area contributed by atoms with E-state index < -0.39 is 0 Å². The predicted molar refractivity (Wildman–Crippen MR) is 77.0 cm³/mol. The van der Waals surface area contributed by atoms with Crippen LogP contribution >= 0.6 is 15.9 Å². The van der Waals surface area contributed by atoms with Gasteiger partial charge in [-0.1, -0.05) is 53.2 Å². The fourth-order valence-electron chi connectivity index (χ4n) is 2.05. The average molecular weight is 308 g/mol. The third-order valence-electron chi connectivity index (χ3n) is 3.02. The van der Waals surface area contributed by atoms with E-state index in [1.165, 1.54) is 5.56 Å². The third kappa shape index (κ3) is 3.19. The minimum Gasteiger partial charge on any atom is -0.250 e. The molecule has 1 aromatic carbocycles. The largest absolute Gasteiger partial charge is 0.250 e. The lowest BCUT2D eigenvalue weighted by molar-refractivity contribution is 0.554. The molecule has 1 atom stereocenters. The third-order valence-corrected chi connectivity index (χ3v) is 3.80. The highest BCUT2D eigenvalue weighted by Gasteiger charge is 2.14. The zero-order chi connectivity index (χ0) is 12.8. The molecule has 0 aliphatic heterocycles. The molecule has 1 unspecified atom stereocenters. The van der Waals surface area contributed by atoms with Crippen LogP contribution in [0.5, 0.6) is 0 Å². The van der Waals surface area contributed by atoms with Crippen molar-refractivity contribution in [3.8, 4) is 0 Å².